The third-order valence-electron chi connectivity index (χ3n) is 4.35. The molecule has 0 atom stereocenters. The first-order valence-electron chi connectivity index (χ1n) is 8.75. The minimum atomic E-state index is -3.47. The van der Waals surface area contributed by atoms with Crippen molar-refractivity contribution < 1.29 is 18.1 Å². The number of carbonyl (C=O) groups excluding carboxylic acids is 1. The van der Waals surface area contributed by atoms with Crippen molar-refractivity contribution in [1.29, 1.82) is 0 Å². The topological polar surface area (TPSA) is 122 Å². The molecular weight excluding hydrogens is 384 g/mol. The lowest BCUT2D eigenvalue weighted by Crippen LogP contribution is -2.27. The van der Waals surface area contributed by atoms with Gasteiger partial charge in [0.05, 0.1) is 16.4 Å². The molecule has 9 nitrogen and oxygen atoms in total. The van der Waals surface area contributed by atoms with Gasteiger partial charge in [0.1, 0.15) is 0 Å². The van der Waals surface area contributed by atoms with Crippen molar-refractivity contribution in [3.8, 4) is 0 Å². The Morgan fingerprint density at radius 3 is 2.39 bits per heavy atom. The fourth-order valence-corrected chi connectivity index (χ4v) is 4.42. The fourth-order valence-electron chi connectivity index (χ4n) is 2.91. The molecule has 1 aliphatic heterocycles. The summed E-state index contributed by atoms with van der Waals surface area (Å²) in [5, 5.41) is 16.2. The molecule has 0 aromatic heterocycles. The summed E-state index contributed by atoms with van der Waals surface area (Å²) in [6.45, 7) is 1.02. The van der Waals surface area contributed by atoms with Crippen molar-refractivity contribution in [2.24, 2.45) is 0 Å². The average Bonchev–Trinajstić information content (AvgIpc) is 3.22. The first-order chi connectivity index (χ1) is 13.4. The van der Waals surface area contributed by atoms with Crippen molar-refractivity contribution in [3.05, 3.63) is 58.6 Å². The number of non-ortho nitro benzene ring substituents is 1. The van der Waals surface area contributed by atoms with Crippen LogP contribution in [0.1, 0.15) is 12.8 Å². The second-order valence-corrected chi connectivity index (χ2v) is 8.28. The highest BCUT2D eigenvalue weighted by Gasteiger charge is 2.26. The van der Waals surface area contributed by atoms with Gasteiger partial charge in [0.15, 0.2) is 0 Å². The normalized spacial score (nSPS) is 14.6. The van der Waals surface area contributed by atoms with Gasteiger partial charge in [-0.25, -0.2) is 8.42 Å². The van der Waals surface area contributed by atoms with E-state index in [0.717, 1.165) is 12.8 Å². The summed E-state index contributed by atoms with van der Waals surface area (Å²) in [5.41, 5.74) is 0.808. The van der Waals surface area contributed by atoms with Crippen LogP contribution in [-0.2, 0) is 14.8 Å². The number of amides is 1. The van der Waals surface area contributed by atoms with Crippen LogP contribution in [0.25, 0.3) is 0 Å². The number of sulfonamides is 1. The number of nitro benzene ring substituents is 1. The molecule has 0 bridgehead atoms. The Morgan fingerprint density at radius 2 is 1.75 bits per heavy atom. The summed E-state index contributed by atoms with van der Waals surface area (Å²) >= 11 is 0. The van der Waals surface area contributed by atoms with Gasteiger partial charge in [-0.2, -0.15) is 4.31 Å². The SMILES string of the molecule is O=C(CNc1ccc(S(=O)(=O)N2CCCC2)cc1)Nc1cccc([N+](=O)[O-])c1. The van der Waals surface area contributed by atoms with Crippen LogP contribution in [0, 0.1) is 10.1 Å². The van der Waals surface area contributed by atoms with Gasteiger partial charge < -0.3 is 10.6 Å². The molecule has 1 amide bonds. The molecule has 2 aromatic rings. The number of nitrogens with one attached hydrogen (secondary N) is 2. The molecule has 0 radical (unpaired) electrons. The number of nitrogens with zero attached hydrogens (tertiary/aromatic N) is 2. The van der Waals surface area contributed by atoms with E-state index in [4.69, 9.17) is 0 Å². The predicted octanol–water partition coefficient (Wildman–Crippen LogP) is 2.43. The third kappa shape index (κ3) is 4.65. The van der Waals surface area contributed by atoms with Gasteiger partial charge in [-0.15, -0.1) is 0 Å². The highest BCUT2D eigenvalue weighted by Crippen LogP contribution is 2.22. The van der Waals surface area contributed by atoms with Crippen LogP contribution in [0.15, 0.2) is 53.4 Å². The molecule has 0 aliphatic carbocycles. The molecule has 0 unspecified atom stereocenters. The Balaban J connectivity index is 1.57. The monoisotopic (exact) mass is 404 g/mol. The van der Waals surface area contributed by atoms with Crippen molar-refractivity contribution in [2.75, 3.05) is 30.3 Å². The Kier molecular flexibility index (Phi) is 5.90. The van der Waals surface area contributed by atoms with Crippen LogP contribution in [0.4, 0.5) is 17.1 Å². The lowest BCUT2D eigenvalue weighted by molar-refractivity contribution is -0.384. The van der Waals surface area contributed by atoms with Crippen LogP contribution in [0.5, 0.6) is 0 Å². The Labute approximate surface area is 162 Å². The predicted molar refractivity (Wildman–Crippen MR) is 105 cm³/mol. The number of anilines is 2. The molecule has 3 rings (SSSR count). The number of hydrogen-bond donors (Lipinski definition) is 2. The molecule has 1 saturated heterocycles. The van der Waals surface area contributed by atoms with E-state index >= 15 is 0 Å². The van der Waals surface area contributed by atoms with Crippen LogP contribution in [0.2, 0.25) is 0 Å². The van der Waals surface area contributed by atoms with Gasteiger partial charge in [-0.05, 0) is 43.2 Å². The fraction of sp³-hybridized carbons (Fsp3) is 0.278. The van der Waals surface area contributed by atoms with Gasteiger partial charge in [0, 0.05) is 36.6 Å². The zero-order valence-electron chi connectivity index (χ0n) is 15.0. The van der Waals surface area contributed by atoms with Crippen LogP contribution >= 0.6 is 0 Å². The van der Waals surface area contributed by atoms with Gasteiger partial charge in [0.25, 0.3) is 5.69 Å². The maximum Gasteiger partial charge on any atom is 0.271 e. The molecule has 1 aliphatic rings. The number of nitro groups is 1. The quantitative estimate of drug-likeness (QED) is 0.540. The Hall–Kier alpha value is -2.98. The van der Waals surface area contributed by atoms with E-state index in [2.05, 4.69) is 10.6 Å². The molecule has 148 valence electrons. The van der Waals surface area contributed by atoms with E-state index in [1.54, 1.807) is 18.2 Å². The number of benzene rings is 2. The molecule has 1 fully saturated rings. The zero-order chi connectivity index (χ0) is 20.1. The molecule has 2 N–H and O–H groups in total. The summed E-state index contributed by atoms with van der Waals surface area (Å²) in [5.74, 6) is -0.380. The standard InChI is InChI=1S/C18H20N4O5S/c23-18(20-15-4-3-5-16(12-15)22(24)25)13-19-14-6-8-17(9-7-14)28(26,27)21-10-1-2-11-21/h3-9,12,19H,1-2,10-11,13H2,(H,20,23). The van der Waals surface area contributed by atoms with Crippen LogP contribution in [-0.4, -0.2) is 43.2 Å². The van der Waals surface area contributed by atoms with Crippen LogP contribution in [0.3, 0.4) is 0 Å². The highest BCUT2D eigenvalue weighted by atomic mass is 32.2. The molecular formula is C18H20N4O5S. The summed E-state index contributed by atoms with van der Waals surface area (Å²) in [6, 6.07) is 11.9. The molecule has 2 aromatic carbocycles. The zero-order valence-corrected chi connectivity index (χ0v) is 15.8. The lowest BCUT2D eigenvalue weighted by atomic mass is 10.3. The average molecular weight is 404 g/mol. The van der Waals surface area contributed by atoms with Crippen molar-refractivity contribution in [1.82, 2.24) is 4.31 Å². The summed E-state index contributed by atoms with van der Waals surface area (Å²) in [7, 11) is -3.47. The maximum absolute atomic E-state index is 12.5. The van der Waals surface area contributed by atoms with E-state index in [1.807, 2.05) is 0 Å². The minimum absolute atomic E-state index is 0.0685. The molecule has 0 spiro atoms. The Bertz CT molecular complexity index is 970. The first-order valence-corrected chi connectivity index (χ1v) is 10.2. The highest BCUT2D eigenvalue weighted by molar-refractivity contribution is 7.89. The van der Waals surface area contributed by atoms with Gasteiger partial charge >= 0.3 is 0 Å². The molecule has 28 heavy (non-hydrogen) atoms. The Morgan fingerprint density at radius 1 is 1.07 bits per heavy atom. The number of hydrogen-bond acceptors (Lipinski definition) is 6. The number of carbonyl (C=O) groups is 1. The molecule has 10 heteroatoms. The van der Waals surface area contributed by atoms with E-state index in [0.29, 0.717) is 24.5 Å². The van der Waals surface area contributed by atoms with E-state index in [-0.39, 0.29) is 23.0 Å². The van der Waals surface area contributed by atoms with E-state index in [1.165, 1.54) is 34.6 Å². The largest absolute Gasteiger partial charge is 0.376 e. The maximum atomic E-state index is 12.5. The van der Waals surface area contributed by atoms with Crippen molar-refractivity contribution >= 4 is 33.0 Å². The number of rotatable bonds is 7. The van der Waals surface area contributed by atoms with Gasteiger partial charge in [0.2, 0.25) is 15.9 Å². The summed E-state index contributed by atoms with van der Waals surface area (Å²) in [6.07, 6.45) is 1.75. The van der Waals surface area contributed by atoms with Crippen molar-refractivity contribution in [2.45, 2.75) is 17.7 Å². The first kappa shape index (κ1) is 19.8. The summed E-state index contributed by atoms with van der Waals surface area (Å²) < 4.78 is 26.4. The summed E-state index contributed by atoms with van der Waals surface area (Å²) in [4.78, 5) is 22.5. The second kappa shape index (κ2) is 8.36. The third-order valence-corrected chi connectivity index (χ3v) is 6.26. The van der Waals surface area contributed by atoms with E-state index < -0.39 is 14.9 Å². The van der Waals surface area contributed by atoms with E-state index in [9.17, 15) is 23.3 Å². The smallest absolute Gasteiger partial charge is 0.271 e. The van der Waals surface area contributed by atoms with Crippen LogP contribution < -0.4 is 10.6 Å². The minimum Gasteiger partial charge on any atom is -0.376 e. The van der Waals surface area contributed by atoms with Gasteiger partial charge in [-0.3, -0.25) is 14.9 Å². The molecule has 0 saturated carbocycles. The lowest BCUT2D eigenvalue weighted by Gasteiger charge is -2.15. The molecule has 1 heterocycles. The van der Waals surface area contributed by atoms with Crippen molar-refractivity contribution in [3.63, 3.8) is 0 Å². The second-order valence-electron chi connectivity index (χ2n) is 6.34. The van der Waals surface area contributed by atoms with Gasteiger partial charge in [-0.1, -0.05) is 6.07 Å².